The number of piperidine rings is 1. The molecule has 2 aromatic carbocycles. The van der Waals surface area contributed by atoms with Gasteiger partial charge in [0.15, 0.2) is 0 Å². The fraction of sp³-hybridized carbons (Fsp3) is 0.519. The van der Waals surface area contributed by atoms with Crippen molar-refractivity contribution in [3.8, 4) is 5.75 Å². The fourth-order valence-corrected chi connectivity index (χ4v) is 5.36. The highest BCUT2D eigenvalue weighted by molar-refractivity contribution is 5.99. The summed E-state index contributed by atoms with van der Waals surface area (Å²) in [5, 5.41) is 14.1. The highest BCUT2D eigenvalue weighted by Gasteiger charge is 2.42. The van der Waals surface area contributed by atoms with Gasteiger partial charge in [-0.1, -0.05) is 31.4 Å². The van der Waals surface area contributed by atoms with Crippen LogP contribution in [0.1, 0.15) is 63.9 Å². The number of carbonyl (C=O) groups is 1. The normalized spacial score (nSPS) is 20.1. The Labute approximate surface area is 201 Å². The maximum Gasteiger partial charge on any atom is 0.269 e. The van der Waals surface area contributed by atoms with E-state index in [0.717, 1.165) is 55.6 Å². The molecule has 0 bridgehead atoms. The largest absolute Gasteiger partial charge is 0.494 e. The van der Waals surface area contributed by atoms with E-state index in [1.54, 1.807) is 12.1 Å². The second-order valence-corrected chi connectivity index (χ2v) is 9.65. The SMILES string of the molecule is C[C@@H]1CCCCN1CCCOc1ccc(NC(=O)C2(c3ccc([N+](=O)[O-])cc3)CCCC2)cc1. The van der Waals surface area contributed by atoms with Gasteiger partial charge < -0.3 is 15.0 Å². The van der Waals surface area contributed by atoms with Crippen LogP contribution in [0.3, 0.4) is 0 Å². The lowest BCUT2D eigenvalue weighted by Gasteiger charge is -2.33. The predicted molar refractivity (Wildman–Crippen MR) is 133 cm³/mol. The van der Waals surface area contributed by atoms with Crippen LogP contribution in [0.15, 0.2) is 48.5 Å². The molecule has 7 nitrogen and oxygen atoms in total. The van der Waals surface area contributed by atoms with Crippen LogP contribution < -0.4 is 10.1 Å². The minimum Gasteiger partial charge on any atom is -0.494 e. The molecule has 4 rings (SSSR count). The summed E-state index contributed by atoms with van der Waals surface area (Å²) in [5.41, 5.74) is 0.970. The third-order valence-corrected chi connectivity index (χ3v) is 7.43. The van der Waals surface area contributed by atoms with Gasteiger partial charge in [0.25, 0.3) is 5.69 Å². The number of ether oxygens (including phenoxy) is 1. The first-order chi connectivity index (χ1) is 16.5. The number of hydrogen-bond acceptors (Lipinski definition) is 5. The van der Waals surface area contributed by atoms with Gasteiger partial charge in [-0.2, -0.15) is 0 Å². The minimum absolute atomic E-state index is 0.0401. The summed E-state index contributed by atoms with van der Waals surface area (Å²) in [6.07, 6.45) is 8.34. The van der Waals surface area contributed by atoms with E-state index in [0.29, 0.717) is 12.6 Å². The minimum atomic E-state index is -0.643. The first-order valence-electron chi connectivity index (χ1n) is 12.5. The van der Waals surface area contributed by atoms with Crippen molar-refractivity contribution in [1.82, 2.24) is 4.90 Å². The van der Waals surface area contributed by atoms with E-state index < -0.39 is 10.3 Å². The van der Waals surface area contributed by atoms with Crippen molar-refractivity contribution < 1.29 is 14.5 Å². The van der Waals surface area contributed by atoms with Gasteiger partial charge in [0.05, 0.1) is 16.9 Å². The van der Waals surface area contributed by atoms with Gasteiger partial charge in [-0.25, -0.2) is 0 Å². The highest BCUT2D eigenvalue weighted by atomic mass is 16.6. The van der Waals surface area contributed by atoms with Crippen LogP contribution >= 0.6 is 0 Å². The molecule has 2 aromatic rings. The van der Waals surface area contributed by atoms with Gasteiger partial charge in [0.2, 0.25) is 5.91 Å². The lowest BCUT2D eigenvalue weighted by Crippen LogP contribution is -2.38. The number of nitrogens with zero attached hydrogens (tertiary/aromatic N) is 2. The number of hydrogen-bond donors (Lipinski definition) is 1. The molecule has 34 heavy (non-hydrogen) atoms. The van der Waals surface area contributed by atoms with E-state index in [1.165, 1.54) is 37.9 Å². The number of non-ortho nitro benzene ring substituents is 1. The molecule has 0 unspecified atom stereocenters. The number of nitro benzene ring substituents is 1. The van der Waals surface area contributed by atoms with Crippen molar-refractivity contribution in [2.45, 2.75) is 69.7 Å². The summed E-state index contributed by atoms with van der Waals surface area (Å²) in [4.78, 5) is 26.5. The molecule has 0 aromatic heterocycles. The number of rotatable bonds is 9. The number of amides is 1. The molecule has 1 saturated heterocycles. The Balaban J connectivity index is 1.31. The van der Waals surface area contributed by atoms with E-state index >= 15 is 0 Å². The number of carbonyl (C=O) groups excluding carboxylic acids is 1. The van der Waals surface area contributed by atoms with Crippen molar-refractivity contribution >= 4 is 17.3 Å². The summed E-state index contributed by atoms with van der Waals surface area (Å²) in [6, 6.07) is 14.6. The number of likely N-dealkylation sites (tertiary alicyclic amines) is 1. The molecule has 1 heterocycles. The summed E-state index contributed by atoms with van der Waals surface area (Å²) in [6.45, 7) is 5.25. The third kappa shape index (κ3) is 5.58. The van der Waals surface area contributed by atoms with Crippen molar-refractivity contribution in [3.05, 3.63) is 64.2 Å². The molecule has 1 aliphatic carbocycles. The third-order valence-electron chi connectivity index (χ3n) is 7.43. The Morgan fingerprint density at radius 1 is 1.09 bits per heavy atom. The van der Waals surface area contributed by atoms with Crippen molar-refractivity contribution in [2.24, 2.45) is 0 Å². The first kappa shape index (κ1) is 24.2. The van der Waals surface area contributed by atoms with Gasteiger partial charge in [0, 0.05) is 30.4 Å². The van der Waals surface area contributed by atoms with Crippen LogP contribution in [-0.4, -0.2) is 41.5 Å². The number of nitrogens with one attached hydrogen (secondary N) is 1. The van der Waals surface area contributed by atoms with Crippen LogP contribution in [-0.2, 0) is 10.2 Å². The van der Waals surface area contributed by atoms with Crippen molar-refractivity contribution in [3.63, 3.8) is 0 Å². The van der Waals surface area contributed by atoms with Crippen LogP contribution in [0.4, 0.5) is 11.4 Å². The van der Waals surface area contributed by atoms with E-state index in [9.17, 15) is 14.9 Å². The Kier molecular flexibility index (Phi) is 7.83. The average molecular weight is 466 g/mol. The van der Waals surface area contributed by atoms with Crippen LogP contribution in [0.2, 0.25) is 0 Å². The van der Waals surface area contributed by atoms with Gasteiger partial charge in [0.1, 0.15) is 5.75 Å². The number of anilines is 1. The quantitative estimate of drug-likeness (QED) is 0.292. The molecule has 1 amide bonds. The predicted octanol–water partition coefficient (Wildman–Crippen LogP) is 5.69. The van der Waals surface area contributed by atoms with E-state index in [4.69, 9.17) is 4.74 Å². The van der Waals surface area contributed by atoms with E-state index in [1.807, 2.05) is 24.3 Å². The number of benzene rings is 2. The lowest BCUT2D eigenvalue weighted by molar-refractivity contribution is -0.384. The summed E-state index contributed by atoms with van der Waals surface area (Å²) in [7, 11) is 0. The van der Waals surface area contributed by atoms with Gasteiger partial charge in [-0.3, -0.25) is 14.9 Å². The second kappa shape index (κ2) is 11.0. The molecule has 1 aliphatic heterocycles. The maximum absolute atomic E-state index is 13.3. The van der Waals surface area contributed by atoms with Gasteiger partial charge >= 0.3 is 0 Å². The van der Waals surface area contributed by atoms with Gasteiger partial charge in [-0.15, -0.1) is 0 Å². The van der Waals surface area contributed by atoms with Crippen molar-refractivity contribution in [2.75, 3.05) is 25.0 Å². The summed E-state index contributed by atoms with van der Waals surface area (Å²) >= 11 is 0. The smallest absolute Gasteiger partial charge is 0.269 e. The monoisotopic (exact) mass is 465 g/mol. The Morgan fingerprint density at radius 3 is 2.44 bits per heavy atom. The second-order valence-electron chi connectivity index (χ2n) is 9.65. The lowest BCUT2D eigenvalue weighted by atomic mass is 9.78. The van der Waals surface area contributed by atoms with Gasteiger partial charge in [-0.05, 0) is 75.4 Å². The zero-order valence-electron chi connectivity index (χ0n) is 20.0. The zero-order chi connectivity index (χ0) is 24.0. The molecular weight excluding hydrogens is 430 g/mol. The summed E-state index contributed by atoms with van der Waals surface area (Å²) in [5.74, 6) is 0.749. The van der Waals surface area contributed by atoms with Crippen LogP contribution in [0.5, 0.6) is 5.75 Å². The molecule has 0 radical (unpaired) electrons. The molecule has 1 saturated carbocycles. The first-order valence-corrected chi connectivity index (χ1v) is 12.5. The Hall–Kier alpha value is -2.93. The van der Waals surface area contributed by atoms with E-state index in [2.05, 4.69) is 17.1 Å². The average Bonchev–Trinajstić information content (AvgIpc) is 3.35. The zero-order valence-corrected chi connectivity index (χ0v) is 20.0. The molecule has 182 valence electrons. The molecule has 1 N–H and O–H groups in total. The van der Waals surface area contributed by atoms with Crippen LogP contribution in [0, 0.1) is 10.1 Å². The number of nitro groups is 1. The molecule has 7 heteroatoms. The standard InChI is InChI=1S/C27H35N3O4/c1-21-7-2-5-18-29(21)19-6-20-34-25-14-10-23(11-15-25)28-26(31)27(16-3-4-17-27)22-8-12-24(13-9-22)30(32)33/h8-15,21H,2-7,16-20H2,1H3,(H,28,31)/t21-/m1/s1. The molecule has 2 aliphatic rings. The topological polar surface area (TPSA) is 84.7 Å². The fourth-order valence-electron chi connectivity index (χ4n) is 5.36. The van der Waals surface area contributed by atoms with Crippen molar-refractivity contribution in [1.29, 1.82) is 0 Å². The van der Waals surface area contributed by atoms with Crippen LogP contribution in [0.25, 0.3) is 0 Å². The Morgan fingerprint density at radius 2 is 1.79 bits per heavy atom. The highest BCUT2D eigenvalue weighted by Crippen LogP contribution is 2.42. The molecular formula is C27H35N3O4. The Bertz CT molecular complexity index is 968. The maximum atomic E-state index is 13.3. The molecule has 2 fully saturated rings. The molecule has 0 spiro atoms. The van der Waals surface area contributed by atoms with E-state index in [-0.39, 0.29) is 11.6 Å². The molecule has 1 atom stereocenters. The summed E-state index contributed by atoms with van der Waals surface area (Å²) < 4.78 is 5.92.